The quantitative estimate of drug-likeness (QED) is 0.784. The van der Waals surface area contributed by atoms with Crippen molar-refractivity contribution in [3.05, 3.63) is 29.6 Å². The molecule has 0 aliphatic heterocycles. The van der Waals surface area contributed by atoms with Gasteiger partial charge in [0.05, 0.1) is 13.2 Å². The first-order chi connectivity index (χ1) is 9.22. The van der Waals surface area contributed by atoms with E-state index in [-0.39, 0.29) is 5.91 Å². The predicted molar refractivity (Wildman–Crippen MR) is 73.6 cm³/mol. The van der Waals surface area contributed by atoms with E-state index in [0.717, 1.165) is 5.56 Å². The van der Waals surface area contributed by atoms with Gasteiger partial charge in [-0.05, 0) is 19.1 Å². The predicted octanol–water partition coefficient (Wildman–Crippen LogP) is 0.500. The molecule has 0 aromatic carbocycles. The molecular weight excluding hydrogens is 242 g/mol. The second-order valence-corrected chi connectivity index (χ2v) is 3.82. The number of hydrogen-bond donors (Lipinski definition) is 1. The molecule has 0 saturated carbocycles. The van der Waals surface area contributed by atoms with Gasteiger partial charge in [-0.3, -0.25) is 4.79 Å². The Bertz CT molecular complexity index is 460. The Morgan fingerprint density at radius 2 is 2.32 bits per heavy atom. The highest BCUT2D eigenvalue weighted by Gasteiger charge is 2.14. The van der Waals surface area contributed by atoms with Gasteiger partial charge in [-0.15, -0.1) is 0 Å². The first-order valence-electron chi connectivity index (χ1n) is 6.16. The molecule has 0 fully saturated rings. The fourth-order valence-electron chi connectivity index (χ4n) is 1.51. The van der Waals surface area contributed by atoms with E-state index in [1.165, 1.54) is 0 Å². The zero-order valence-electron chi connectivity index (χ0n) is 11.3. The number of hydrogen-bond acceptors (Lipinski definition) is 4. The van der Waals surface area contributed by atoms with E-state index in [1.54, 1.807) is 30.3 Å². The molecule has 1 rings (SSSR count). The van der Waals surface area contributed by atoms with Gasteiger partial charge in [-0.2, -0.15) is 0 Å². The van der Waals surface area contributed by atoms with Crippen molar-refractivity contribution in [3.8, 4) is 11.8 Å². The number of nitrogens with zero attached hydrogens (tertiary/aromatic N) is 2. The van der Waals surface area contributed by atoms with E-state index in [4.69, 9.17) is 10.5 Å². The van der Waals surface area contributed by atoms with Crippen LogP contribution in [0, 0.1) is 11.8 Å². The molecule has 0 aliphatic carbocycles. The summed E-state index contributed by atoms with van der Waals surface area (Å²) in [6, 6.07) is 3.45. The van der Waals surface area contributed by atoms with Crippen molar-refractivity contribution >= 4 is 5.91 Å². The second kappa shape index (κ2) is 8.25. The van der Waals surface area contributed by atoms with Gasteiger partial charge in [-0.1, -0.05) is 11.8 Å². The van der Waals surface area contributed by atoms with Crippen molar-refractivity contribution in [1.82, 2.24) is 9.88 Å². The first-order valence-corrected chi connectivity index (χ1v) is 6.16. The lowest BCUT2D eigenvalue weighted by molar-refractivity contribution is 0.0700. The van der Waals surface area contributed by atoms with E-state index in [9.17, 15) is 4.79 Å². The monoisotopic (exact) mass is 261 g/mol. The zero-order chi connectivity index (χ0) is 14.1. The molecule has 5 heteroatoms. The van der Waals surface area contributed by atoms with E-state index in [2.05, 4.69) is 16.8 Å². The number of pyridine rings is 1. The average molecular weight is 261 g/mol. The minimum atomic E-state index is -0.0992. The summed E-state index contributed by atoms with van der Waals surface area (Å²) >= 11 is 0. The fourth-order valence-corrected chi connectivity index (χ4v) is 1.51. The van der Waals surface area contributed by atoms with E-state index in [1.807, 2.05) is 6.92 Å². The summed E-state index contributed by atoms with van der Waals surface area (Å²) in [5, 5.41) is 0. The maximum absolute atomic E-state index is 12.2. The SMILES string of the molecule is CCN(CCOC)C(=O)c1ccc(C#CCN)cn1. The van der Waals surface area contributed by atoms with Crippen molar-refractivity contribution < 1.29 is 9.53 Å². The molecule has 0 bridgehead atoms. The number of amides is 1. The minimum absolute atomic E-state index is 0.0992. The summed E-state index contributed by atoms with van der Waals surface area (Å²) in [5.41, 5.74) is 6.46. The molecule has 0 saturated heterocycles. The summed E-state index contributed by atoms with van der Waals surface area (Å²) in [6.45, 7) is 3.93. The van der Waals surface area contributed by atoms with Crippen LogP contribution in [0.15, 0.2) is 18.3 Å². The molecule has 0 radical (unpaired) electrons. The van der Waals surface area contributed by atoms with Crippen molar-refractivity contribution in [3.63, 3.8) is 0 Å². The van der Waals surface area contributed by atoms with Crippen LogP contribution >= 0.6 is 0 Å². The molecule has 1 aromatic heterocycles. The summed E-state index contributed by atoms with van der Waals surface area (Å²) in [5.74, 6) is 5.51. The molecule has 0 aliphatic rings. The third-order valence-electron chi connectivity index (χ3n) is 2.55. The molecular formula is C14H19N3O2. The van der Waals surface area contributed by atoms with Gasteiger partial charge in [0.25, 0.3) is 5.91 Å². The Morgan fingerprint density at radius 3 is 2.84 bits per heavy atom. The molecule has 0 unspecified atom stereocenters. The summed E-state index contributed by atoms with van der Waals surface area (Å²) in [4.78, 5) is 18.0. The van der Waals surface area contributed by atoms with Crippen LogP contribution in [0.3, 0.4) is 0 Å². The third-order valence-corrected chi connectivity index (χ3v) is 2.55. The first kappa shape index (κ1) is 15.2. The van der Waals surface area contributed by atoms with Gasteiger partial charge >= 0.3 is 0 Å². The van der Waals surface area contributed by atoms with Crippen LogP contribution in [0.2, 0.25) is 0 Å². The standard InChI is InChI=1S/C14H19N3O2/c1-3-17(9-10-19-2)14(18)13-7-6-12(11-16-13)5-4-8-15/h6-7,11H,3,8-10,15H2,1-2H3. The fraction of sp³-hybridized carbons (Fsp3) is 0.429. The van der Waals surface area contributed by atoms with Crippen LogP contribution in [0.1, 0.15) is 23.0 Å². The molecule has 102 valence electrons. The van der Waals surface area contributed by atoms with Crippen LogP contribution in [0.4, 0.5) is 0 Å². The van der Waals surface area contributed by atoms with Crippen LogP contribution in [0.5, 0.6) is 0 Å². The summed E-state index contributed by atoms with van der Waals surface area (Å²) in [7, 11) is 1.61. The number of rotatable bonds is 5. The maximum Gasteiger partial charge on any atom is 0.272 e. The molecule has 2 N–H and O–H groups in total. The van der Waals surface area contributed by atoms with Crippen molar-refractivity contribution in [2.24, 2.45) is 5.73 Å². The number of aromatic nitrogens is 1. The normalized spacial score (nSPS) is 9.63. The highest BCUT2D eigenvalue weighted by molar-refractivity contribution is 5.92. The van der Waals surface area contributed by atoms with Crippen LogP contribution < -0.4 is 5.73 Å². The minimum Gasteiger partial charge on any atom is -0.383 e. The average Bonchev–Trinajstić information content (AvgIpc) is 2.46. The molecule has 19 heavy (non-hydrogen) atoms. The maximum atomic E-state index is 12.2. The van der Waals surface area contributed by atoms with Crippen molar-refractivity contribution in [1.29, 1.82) is 0 Å². The molecule has 1 heterocycles. The Labute approximate surface area is 113 Å². The molecule has 5 nitrogen and oxygen atoms in total. The third kappa shape index (κ3) is 4.70. The largest absolute Gasteiger partial charge is 0.383 e. The van der Waals surface area contributed by atoms with Gasteiger partial charge in [0.1, 0.15) is 5.69 Å². The Balaban J connectivity index is 2.75. The van der Waals surface area contributed by atoms with Gasteiger partial charge in [0.2, 0.25) is 0 Å². The zero-order valence-corrected chi connectivity index (χ0v) is 11.3. The van der Waals surface area contributed by atoms with Crippen molar-refractivity contribution in [2.75, 3.05) is 33.4 Å². The van der Waals surface area contributed by atoms with Gasteiger partial charge in [0, 0.05) is 32.0 Å². The number of ether oxygens (including phenoxy) is 1. The molecule has 0 spiro atoms. The summed E-state index contributed by atoms with van der Waals surface area (Å²) < 4.78 is 4.98. The van der Waals surface area contributed by atoms with Gasteiger partial charge in [0.15, 0.2) is 0 Å². The van der Waals surface area contributed by atoms with E-state index < -0.39 is 0 Å². The van der Waals surface area contributed by atoms with Crippen LogP contribution in [0.25, 0.3) is 0 Å². The number of carbonyl (C=O) groups is 1. The van der Waals surface area contributed by atoms with Gasteiger partial charge in [-0.25, -0.2) is 4.98 Å². The van der Waals surface area contributed by atoms with Crippen molar-refractivity contribution in [2.45, 2.75) is 6.92 Å². The number of carbonyl (C=O) groups excluding carboxylic acids is 1. The lowest BCUT2D eigenvalue weighted by atomic mass is 10.2. The van der Waals surface area contributed by atoms with Crippen LogP contribution in [-0.2, 0) is 4.74 Å². The Kier molecular flexibility index (Phi) is 6.58. The number of methoxy groups -OCH3 is 1. The molecule has 1 amide bonds. The summed E-state index contributed by atoms with van der Waals surface area (Å²) in [6.07, 6.45) is 1.58. The second-order valence-electron chi connectivity index (χ2n) is 3.82. The topological polar surface area (TPSA) is 68.5 Å². The highest BCUT2D eigenvalue weighted by atomic mass is 16.5. The van der Waals surface area contributed by atoms with E-state index in [0.29, 0.717) is 31.9 Å². The number of likely N-dealkylation sites (N-methyl/N-ethyl adjacent to an activating group) is 1. The Hall–Kier alpha value is -1.90. The smallest absolute Gasteiger partial charge is 0.272 e. The highest BCUT2D eigenvalue weighted by Crippen LogP contribution is 2.03. The van der Waals surface area contributed by atoms with Crippen LogP contribution in [-0.4, -0.2) is 49.1 Å². The Morgan fingerprint density at radius 1 is 1.53 bits per heavy atom. The molecule has 0 atom stereocenters. The molecule has 1 aromatic rings. The lowest BCUT2D eigenvalue weighted by Gasteiger charge is -2.19. The van der Waals surface area contributed by atoms with Gasteiger partial charge < -0.3 is 15.4 Å². The van der Waals surface area contributed by atoms with E-state index >= 15 is 0 Å². The number of nitrogens with two attached hydrogens (primary N) is 1. The lowest BCUT2D eigenvalue weighted by Crippen LogP contribution is -2.34.